The molecule has 0 bridgehead atoms. The van der Waals surface area contributed by atoms with Crippen molar-refractivity contribution in [2.75, 3.05) is 16.0 Å². The number of aromatic nitrogens is 2. The van der Waals surface area contributed by atoms with Crippen molar-refractivity contribution >= 4 is 40.6 Å². The van der Waals surface area contributed by atoms with Gasteiger partial charge < -0.3 is 20.5 Å². The van der Waals surface area contributed by atoms with Crippen molar-refractivity contribution < 1.29 is 22.8 Å². The van der Waals surface area contributed by atoms with Crippen LogP contribution in [0.15, 0.2) is 55.0 Å². The van der Waals surface area contributed by atoms with Crippen LogP contribution in [-0.2, 0) is 13.2 Å². The van der Waals surface area contributed by atoms with Crippen LogP contribution in [0.4, 0.5) is 35.0 Å². The van der Waals surface area contributed by atoms with E-state index in [1.807, 2.05) is 0 Å². The number of rotatable bonds is 4. The van der Waals surface area contributed by atoms with Crippen LogP contribution in [0.1, 0.15) is 16.1 Å². The maximum Gasteiger partial charge on any atom is 0.416 e. The smallest absolute Gasteiger partial charge is 0.330 e. The SMILES string of the molecule is Cn1cncc1C(=O)Nc1cc(NC(=O)Nc2cccc(C(F)(F)F)c2)ccc1Cl. The van der Waals surface area contributed by atoms with E-state index in [2.05, 4.69) is 20.9 Å². The number of carbonyl (C=O) groups excluding carboxylic acids is 2. The van der Waals surface area contributed by atoms with Gasteiger partial charge in [0.05, 0.1) is 28.8 Å². The molecule has 3 rings (SSSR count). The molecule has 0 fully saturated rings. The van der Waals surface area contributed by atoms with Crippen LogP contribution in [0, 0.1) is 0 Å². The van der Waals surface area contributed by atoms with Crippen molar-refractivity contribution in [2.45, 2.75) is 6.18 Å². The molecule has 11 heteroatoms. The Morgan fingerprint density at radius 3 is 2.37 bits per heavy atom. The van der Waals surface area contributed by atoms with Gasteiger partial charge in [-0.2, -0.15) is 13.2 Å². The molecule has 0 aliphatic heterocycles. The van der Waals surface area contributed by atoms with Gasteiger partial charge in [0, 0.05) is 18.4 Å². The van der Waals surface area contributed by atoms with E-state index in [4.69, 9.17) is 11.6 Å². The lowest BCUT2D eigenvalue weighted by Gasteiger charge is -2.12. The predicted octanol–water partition coefficient (Wildman–Crippen LogP) is 4.99. The zero-order chi connectivity index (χ0) is 21.9. The van der Waals surface area contributed by atoms with E-state index in [0.717, 1.165) is 12.1 Å². The Hall–Kier alpha value is -3.53. The van der Waals surface area contributed by atoms with Crippen molar-refractivity contribution in [2.24, 2.45) is 7.05 Å². The quantitative estimate of drug-likeness (QED) is 0.537. The molecule has 0 saturated heterocycles. The van der Waals surface area contributed by atoms with E-state index in [1.165, 1.54) is 47.4 Å². The summed E-state index contributed by atoms with van der Waals surface area (Å²) in [6.45, 7) is 0. The number of nitrogens with one attached hydrogen (secondary N) is 3. The minimum atomic E-state index is -4.52. The maximum absolute atomic E-state index is 12.8. The fourth-order valence-electron chi connectivity index (χ4n) is 2.53. The number of urea groups is 1. The van der Waals surface area contributed by atoms with Crippen LogP contribution in [-0.4, -0.2) is 21.5 Å². The summed E-state index contributed by atoms with van der Waals surface area (Å²) in [4.78, 5) is 28.3. The van der Waals surface area contributed by atoms with Gasteiger partial charge in [-0.25, -0.2) is 9.78 Å². The summed E-state index contributed by atoms with van der Waals surface area (Å²) in [5, 5.41) is 7.65. The van der Waals surface area contributed by atoms with E-state index in [-0.39, 0.29) is 22.1 Å². The van der Waals surface area contributed by atoms with Crippen molar-refractivity contribution in [3.63, 3.8) is 0 Å². The predicted molar refractivity (Wildman–Crippen MR) is 107 cm³/mol. The molecule has 1 aromatic heterocycles. The van der Waals surface area contributed by atoms with Crippen LogP contribution in [0.5, 0.6) is 0 Å². The van der Waals surface area contributed by atoms with E-state index in [9.17, 15) is 22.8 Å². The van der Waals surface area contributed by atoms with Gasteiger partial charge in [-0.1, -0.05) is 17.7 Å². The van der Waals surface area contributed by atoms with Gasteiger partial charge in [-0.3, -0.25) is 4.79 Å². The van der Waals surface area contributed by atoms with Gasteiger partial charge in [0.25, 0.3) is 5.91 Å². The molecule has 156 valence electrons. The lowest BCUT2D eigenvalue weighted by molar-refractivity contribution is -0.137. The Kier molecular flexibility index (Phi) is 5.97. The van der Waals surface area contributed by atoms with Crippen LogP contribution in [0.25, 0.3) is 0 Å². The average molecular weight is 438 g/mol. The Balaban J connectivity index is 1.70. The third-order valence-corrected chi connectivity index (χ3v) is 4.30. The summed E-state index contributed by atoms with van der Waals surface area (Å²) in [6, 6.07) is 7.83. The fraction of sp³-hybridized carbons (Fsp3) is 0.105. The summed E-state index contributed by atoms with van der Waals surface area (Å²) < 4.78 is 39.9. The monoisotopic (exact) mass is 437 g/mol. The average Bonchev–Trinajstić information content (AvgIpc) is 3.10. The lowest BCUT2D eigenvalue weighted by atomic mass is 10.2. The number of nitrogens with zero attached hydrogens (tertiary/aromatic N) is 2. The second kappa shape index (κ2) is 8.46. The molecule has 0 aliphatic carbocycles. The number of aryl methyl sites for hydroxylation is 1. The Labute approximate surface area is 173 Å². The Morgan fingerprint density at radius 1 is 1.03 bits per heavy atom. The van der Waals surface area contributed by atoms with E-state index < -0.39 is 23.7 Å². The van der Waals surface area contributed by atoms with Crippen molar-refractivity contribution in [1.82, 2.24) is 9.55 Å². The number of hydrogen-bond acceptors (Lipinski definition) is 3. The number of carbonyl (C=O) groups is 2. The topological polar surface area (TPSA) is 88.1 Å². The van der Waals surface area contributed by atoms with Gasteiger partial charge >= 0.3 is 12.2 Å². The maximum atomic E-state index is 12.8. The lowest BCUT2D eigenvalue weighted by Crippen LogP contribution is -2.20. The Bertz CT molecular complexity index is 1100. The first-order chi connectivity index (χ1) is 14.1. The highest BCUT2D eigenvalue weighted by molar-refractivity contribution is 6.34. The third-order valence-electron chi connectivity index (χ3n) is 3.97. The third kappa shape index (κ3) is 5.09. The second-order valence-electron chi connectivity index (χ2n) is 6.20. The highest BCUT2D eigenvalue weighted by atomic mass is 35.5. The van der Waals surface area contributed by atoms with Crippen molar-refractivity contribution in [1.29, 1.82) is 0 Å². The van der Waals surface area contributed by atoms with E-state index in [0.29, 0.717) is 5.69 Å². The molecule has 0 spiro atoms. The minimum absolute atomic E-state index is 0.0268. The minimum Gasteiger partial charge on any atom is -0.330 e. The highest BCUT2D eigenvalue weighted by Crippen LogP contribution is 2.31. The Morgan fingerprint density at radius 2 is 1.73 bits per heavy atom. The summed E-state index contributed by atoms with van der Waals surface area (Å²) in [6.07, 6.45) is -1.67. The molecule has 0 atom stereocenters. The zero-order valence-electron chi connectivity index (χ0n) is 15.4. The molecule has 1 heterocycles. The van der Waals surface area contributed by atoms with E-state index >= 15 is 0 Å². The number of amides is 3. The molecule has 0 radical (unpaired) electrons. The molecule has 2 aromatic carbocycles. The molecule has 0 aliphatic rings. The van der Waals surface area contributed by atoms with Crippen molar-refractivity contribution in [3.05, 3.63) is 71.3 Å². The van der Waals surface area contributed by atoms with Crippen molar-refractivity contribution in [3.8, 4) is 0 Å². The second-order valence-corrected chi connectivity index (χ2v) is 6.60. The fourth-order valence-corrected chi connectivity index (χ4v) is 2.69. The van der Waals surface area contributed by atoms with Gasteiger partial charge in [0.2, 0.25) is 0 Å². The molecule has 0 saturated carbocycles. The molecular formula is C19H15ClF3N5O2. The van der Waals surface area contributed by atoms with Gasteiger partial charge in [0.1, 0.15) is 5.69 Å². The molecule has 3 aromatic rings. The number of anilines is 3. The molecular weight excluding hydrogens is 423 g/mol. The number of benzene rings is 2. The summed E-state index contributed by atoms with van der Waals surface area (Å²) >= 11 is 6.10. The summed E-state index contributed by atoms with van der Waals surface area (Å²) in [5.74, 6) is -0.456. The zero-order valence-corrected chi connectivity index (χ0v) is 16.2. The standard InChI is InChI=1S/C19H15ClF3N5O2/c1-28-10-24-9-16(28)17(29)27-15-8-13(5-6-14(15)20)26-18(30)25-12-4-2-3-11(7-12)19(21,22)23/h2-10H,1H3,(H,27,29)(H2,25,26,30). The highest BCUT2D eigenvalue weighted by Gasteiger charge is 2.30. The number of alkyl halides is 3. The van der Waals surface area contributed by atoms with Crippen LogP contribution in [0.2, 0.25) is 5.02 Å². The van der Waals surface area contributed by atoms with Crippen LogP contribution in [0.3, 0.4) is 0 Å². The van der Waals surface area contributed by atoms with Crippen LogP contribution >= 0.6 is 11.6 Å². The number of imidazole rings is 1. The molecule has 30 heavy (non-hydrogen) atoms. The normalized spacial score (nSPS) is 11.1. The molecule has 3 N–H and O–H groups in total. The van der Waals surface area contributed by atoms with Gasteiger partial charge in [-0.05, 0) is 36.4 Å². The van der Waals surface area contributed by atoms with Gasteiger partial charge in [0.15, 0.2) is 0 Å². The van der Waals surface area contributed by atoms with E-state index in [1.54, 1.807) is 7.05 Å². The van der Waals surface area contributed by atoms with Crippen LogP contribution < -0.4 is 16.0 Å². The summed E-state index contributed by atoms with van der Waals surface area (Å²) in [7, 11) is 1.65. The first-order valence-electron chi connectivity index (χ1n) is 8.46. The number of hydrogen-bond donors (Lipinski definition) is 3. The molecule has 0 unspecified atom stereocenters. The van der Waals surface area contributed by atoms with Gasteiger partial charge in [-0.15, -0.1) is 0 Å². The molecule has 7 nitrogen and oxygen atoms in total. The largest absolute Gasteiger partial charge is 0.416 e. The first kappa shape index (κ1) is 21.2. The number of halogens is 4. The summed E-state index contributed by atoms with van der Waals surface area (Å²) in [5.41, 5.74) is -0.108. The molecule has 3 amide bonds. The first-order valence-corrected chi connectivity index (χ1v) is 8.84.